The van der Waals surface area contributed by atoms with E-state index in [0.29, 0.717) is 18.2 Å². The number of aromatic amines is 1. The van der Waals surface area contributed by atoms with Crippen LogP contribution in [0.5, 0.6) is 0 Å². The Balaban J connectivity index is 2.14. The number of sulfonamides is 1. The van der Waals surface area contributed by atoms with Crippen molar-refractivity contribution in [3.8, 4) is 0 Å². The molecule has 21 heavy (non-hydrogen) atoms. The zero-order valence-electron chi connectivity index (χ0n) is 12.1. The molecule has 0 amide bonds. The van der Waals surface area contributed by atoms with Crippen LogP contribution >= 0.6 is 0 Å². The number of hydrogen-bond acceptors (Lipinski definition) is 5. The zero-order chi connectivity index (χ0) is 15.5. The van der Waals surface area contributed by atoms with Crippen LogP contribution in [-0.2, 0) is 28.9 Å². The number of rotatable bonds is 6. The summed E-state index contributed by atoms with van der Waals surface area (Å²) in [5, 5.41) is 6.64. The van der Waals surface area contributed by atoms with Crippen LogP contribution in [0, 0.1) is 6.92 Å². The lowest BCUT2D eigenvalue weighted by Gasteiger charge is -2.16. The van der Waals surface area contributed by atoms with Gasteiger partial charge in [0.25, 0.3) is 0 Å². The Hall–Kier alpha value is -1.77. The summed E-state index contributed by atoms with van der Waals surface area (Å²) in [6.07, 6.45) is 0. The molecule has 0 aliphatic heterocycles. The van der Waals surface area contributed by atoms with E-state index in [0.717, 1.165) is 11.1 Å². The quantitative estimate of drug-likeness (QED) is 0.810. The summed E-state index contributed by atoms with van der Waals surface area (Å²) in [5.41, 5.74) is 7.20. The van der Waals surface area contributed by atoms with Crippen molar-refractivity contribution in [1.82, 2.24) is 19.5 Å². The molecule has 114 valence electrons. The average Bonchev–Trinajstić information content (AvgIpc) is 2.84. The number of nitrogens with one attached hydrogen (secondary N) is 1. The Labute approximate surface area is 124 Å². The van der Waals surface area contributed by atoms with E-state index in [9.17, 15) is 8.42 Å². The molecule has 8 heteroatoms. The second-order valence-electron chi connectivity index (χ2n) is 4.82. The van der Waals surface area contributed by atoms with Gasteiger partial charge in [-0.1, -0.05) is 24.3 Å². The first kappa shape index (κ1) is 15.6. The molecule has 0 unspecified atom stereocenters. The van der Waals surface area contributed by atoms with E-state index >= 15 is 0 Å². The minimum atomic E-state index is -3.45. The maximum absolute atomic E-state index is 12.4. The van der Waals surface area contributed by atoms with E-state index < -0.39 is 10.0 Å². The highest BCUT2D eigenvalue weighted by Crippen LogP contribution is 2.15. The van der Waals surface area contributed by atoms with E-state index in [1.54, 1.807) is 13.0 Å². The van der Waals surface area contributed by atoms with Gasteiger partial charge in [-0.15, -0.1) is 0 Å². The molecule has 2 aromatic rings. The highest BCUT2D eigenvalue weighted by atomic mass is 32.2. The summed E-state index contributed by atoms with van der Waals surface area (Å²) in [6.45, 7) is 2.22. The summed E-state index contributed by atoms with van der Waals surface area (Å²) < 4.78 is 26.1. The third-order valence-electron chi connectivity index (χ3n) is 3.16. The van der Waals surface area contributed by atoms with Gasteiger partial charge in [-0.2, -0.15) is 9.40 Å². The van der Waals surface area contributed by atoms with E-state index in [2.05, 4.69) is 15.2 Å². The molecule has 0 saturated carbocycles. The number of H-pyrrole nitrogens is 1. The van der Waals surface area contributed by atoms with Crippen molar-refractivity contribution < 1.29 is 8.42 Å². The monoisotopic (exact) mass is 309 g/mol. The molecule has 0 fully saturated rings. The van der Waals surface area contributed by atoms with Crippen LogP contribution in [0.25, 0.3) is 0 Å². The molecule has 0 aliphatic rings. The summed E-state index contributed by atoms with van der Waals surface area (Å²) in [7, 11) is -1.93. The summed E-state index contributed by atoms with van der Waals surface area (Å²) >= 11 is 0. The number of nitrogens with zero attached hydrogens (tertiary/aromatic N) is 3. The van der Waals surface area contributed by atoms with Crippen LogP contribution in [0.3, 0.4) is 0 Å². The smallest absolute Gasteiger partial charge is 0.218 e. The molecular weight excluding hydrogens is 290 g/mol. The molecule has 1 aromatic heterocycles. The molecule has 2 rings (SSSR count). The Bertz CT molecular complexity index is 711. The van der Waals surface area contributed by atoms with Gasteiger partial charge in [-0.05, 0) is 18.1 Å². The SMILES string of the molecule is Cc1nc(CN(C)S(=O)(=O)Cc2ccccc2CN)n[nH]1. The number of aromatic nitrogens is 3. The number of hydrogen-bond donors (Lipinski definition) is 2. The van der Waals surface area contributed by atoms with Crippen LogP contribution in [0.15, 0.2) is 24.3 Å². The standard InChI is InChI=1S/C13H19N5O2S/c1-10-15-13(17-16-10)8-18(2)21(19,20)9-12-6-4-3-5-11(12)7-14/h3-6H,7-9,14H2,1-2H3,(H,15,16,17). The lowest BCUT2D eigenvalue weighted by molar-refractivity contribution is 0.456. The third kappa shape index (κ3) is 3.87. The minimum Gasteiger partial charge on any atom is -0.326 e. The minimum absolute atomic E-state index is 0.0831. The second-order valence-corrected chi connectivity index (χ2v) is 6.90. The Morgan fingerprint density at radius 3 is 2.52 bits per heavy atom. The topological polar surface area (TPSA) is 105 Å². The van der Waals surface area contributed by atoms with Gasteiger partial charge in [0.2, 0.25) is 10.0 Å². The van der Waals surface area contributed by atoms with Crippen LogP contribution in [0.2, 0.25) is 0 Å². The molecule has 3 N–H and O–H groups in total. The molecule has 1 aromatic carbocycles. The first-order chi connectivity index (χ1) is 9.92. The maximum Gasteiger partial charge on any atom is 0.218 e. The normalized spacial score (nSPS) is 12.0. The lowest BCUT2D eigenvalue weighted by Crippen LogP contribution is -2.28. The van der Waals surface area contributed by atoms with E-state index in [-0.39, 0.29) is 12.3 Å². The van der Waals surface area contributed by atoms with Crippen LogP contribution in [0.4, 0.5) is 0 Å². The van der Waals surface area contributed by atoms with Crippen LogP contribution < -0.4 is 5.73 Å². The zero-order valence-corrected chi connectivity index (χ0v) is 12.9. The highest BCUT2D eigenvalue weighted by Gasteiger charge is 2.21. The predicted molar refractivity (Wildman–Crippen MR) is 79.5 cm³/mol. The molecule has 0 spiro atoms. The maximum atomic E-state index is 12.4. The van der Waals surface area contributed by atoms with Gasteiger partial charge >= 0.3 is 0 Å². The van der Waals surface area contributed by atoms with Crippen molar-refractivity contribution in [2.75, 3.05) is 7.05 Å². The lowest BCUT2D eigenvalue weighted by atomic mass is 10.1. The fraction of sp³-hybridized carbons (Fsp3) is 0.385. The van der Waals surface area contributed by atoms with Crippen molar-refractivity contribution >= 4 is 10.0 Å². The predicted octanol–water partition coefficient (Wildman–Crippen LogP) is 0.534. The van der Waals surface area contributed by atoms with Crippen molar-refractivity contribution in [2.24, 2.45) is 5.73 Å². The van der Waals surface area contributed by atoms with Gasteiger partial charge in [-0.3, -0.25) is 5.10 Å². The summed E-state index contributed by atoms with van der Waals surface area (Å²) in [4.78, 5) is 4.11. The van der Waals surface area contributed by atoms with Crippen molar-refractivity contribution in [3.63, 3.8) is 0 Å². The average molecular weight is 309 g/mol. The fourth-order valence-corrected chi connectivity index (χ4v) is 3.17. The van der Waals surface area contributed by atoms with E-state index in [1.165, 1.54) is 11.4 Å². The fourth-order valence-electron chi connectivity index (χ4n) is 1.96. The number of aryl methyl sites for hydroxylation is 1. The second kappa shape index (κ2) is 6.33. The first-order valence-corrected chi connectivity index (χ1v) is 8.12. The van der Waals surface area contributed by atoms with Crippen molar-refractivity contribution in [1.29, 1.82) is 0 Å². The molecule has 7 nitrogen and oxygen atoms in total. The molecule has 0 saturated heterocycles. The van der Waals surface area contributed by atoms with Crippen molar-refractivity contribution in [2.45, 2.75) is 25.8 Å². The Morgan fingerprint density at radius 2 is 1.95 bits per heavy atom. The van der Waals surface area contributed by atoms with Crippen LogP contribution in [-0.4, -0.2) is 35.0 Å². The molecule has 0 bridgehead atoms. The largest absolute Gasteiger partial charge is 0.326 e. The molecular formula is C13H19N5O2S. The van der Waals surface area contributed by atoms with Gasteiger partial charge in [0, 0.05) is 13.6 Å². The van der Waals surface area contributed by atoms with Crippen LogP contribution in [0.1, 0.15) is 22.8 Å². The van der Waals surface area contributed by atoms with Gasteiger partial charge in [0.15, 0.2) is 5.82 Å². The molecule has 0 radical (unpaired) electrons. The molecule has 0 atom stereocenters. The molecule has 0 aliphatic carbocycles. The van der Waals surface area contributed by atoms with Gasteiger partial charge < -0.3 is 5.73 Å². The van der Waals surface area contributed by atoms with Gasteiger partial charge in [0.1, 0.15) is 5.82 Å². The highest BCUT2D eigenvalue weighted by molar-refractivity contribution is 7.88. The van der Waals surface area contributed by atoms with Gasteiger partial charge in [-0.25, -0.2) is 13.4 Å². The van der Waals surface area contributed by atoms with Crippen molar-refractivity contribution in [3.05, 3.63) is 47.0 Å². The van der Waals surface area contributed by atoms with Gasteiger partial charge in [0.05, 0.1) is 12.3 Å². The Morgan fingerprint density at radius 1 is 1.29 bits per heavy atom. The van der Waals surface area contributed by atoms with E-state index in [4.69, 9.17) is 5.73 Å². The summed E-state index contributed by atoms with van der Waals surface area (Å²) in [5.74, 6) is 1.02. The van der Waals surface area contributed by atoms with E-state index in [1.807, 2.05) is 18.2 Å². The first-order valence-electron chi connectivity index (χ1n) is 6.51. The summed E-state index contributed by atoms with van der Waals surface area (Å²) in [6, 6.07) is 7.27. The number of benzene rings is 1. The Kier molecular flexibility index (Phi) is 4.71. The third-order valence-corrected chi connectivity index (χ3v) is 4.91. The number of nitrogens with two attached hydrogens (primary N) is 1. The molecule has 1 heterocycles.